The van der Waals surface area contributed by atoms with Gasteiger partial charge in [0.25, 0.3) is 0 Å². The summed E-state index contributed by atoms with van der Waals surface area (Å²) in [5.74, 6) is 2.22. The number of fused-ring (bicyclic) bond motifs is 1. The lowest BCUT2D eigenvalue weighted by atomic mass is 9.88. The highest BCUT2D eigenvalue weighted by atomic mass is 79.9. The minimum atomic E-state index is -2.73. The summed E-state index contributed by atoms with van der Waals surface area (Å²) in [4.78, 5) is 23.3. The highest BCUT2D eigenvalue weighted by molar-refractivity contribution is 9.10. The van der Waals surface area contributed by atoms with Gasteiger partial charge in [-0.1, -0.05) is 6.92 Å². The Kier molecular flexibility index (Phi) is 9.03. The van der Waals surface area contributed by atoms with Gasteiger partial charge >= 0.3 is 0 Å². The Bertz CT molecular complexity index is 1760. The van der Waals surface area contributed by atoms with Gasteiger partial charge in [-0.25, -0.2) is 4.98 Å². The fraction of sp³-hybridized carbons (Fsp3) is 0.438. The Morgan fingerprint density at radius 3 is 2.53 bits per heavy atom. The summed E-state index contributed by atoms with van der Waals surface area (Å²) in [7, 11) is 1.00. The van der Waals surface area contributed by atoms with Crippen LogP contribution in [-0.4, -0.2) is 90.6 Å². The number of methoxy groups -OCH3 is 1. The first-order chi connectivity index (χ1) is 21.5. The molecule has 0 bridgehead atoms. The number of ether oxygens (including phenoxy) is 1. The number of likely N-dealkylation sites (tertiary alicyclic amines) is 1. The largest absolute Gasteiger partial charge is 0.494 e. The van der Waals surface area contributed by atoms with Crippen LogP contribution in [0.5, 0.6) is 5.75 Å². The Labute approximate surface area is 273 Å². The van der Waals surface area contributed by atoms with Crippen LogP contribution >= 0.6 is 23.1 Å². The summed E-state index contributed by atoms with van der Waals surface area (Å²) in [6.45, 7) is 12.3. The van der Waals surface area contributed by atoms with E-state index in [0.29, 0.717) is 56.3 Å². The molecule has 11 nitrogen and oxygen atoms in total. The number of hydrogen-bond donors (Lipinski definition) is 3. The number of likely N-dealkylation sites (N-methyl/N-ethyl adjacent to an activating group) is 1. The first-order valence-corrected chi connectivity index (χ1v) is 18.7. The zero-order valence-corrected chi connectivity index (χ0v) is 29.1. The SMILES string of the molecule is CNC1CN(C2CCN(c3cc(OC)c(Nc4ncc(Br)c(Nc5ccc6nccnc6c5P(C)(C)=O)n4)cc3C)CC2C)C1. The smallest absolute Gasteiger partial charge is 0.229 e. The Hall–Kier alpha value is -3.31. The lowest BCUT2D eigenvalue weighted by Crippen LogP contribution is -2.63. The number of nitrogens with zero attached hydrogens (tertiary/aromatic N) is 6. The highest BCUT2D eigenvalue weighted by Gasteiger charge is 2.37. The van der Waals surface area contributed by atoms with Crippen LogP contribution < -0.4 is 30.9 Å². The molecule has 13 heteroatoms. The van der Waals surface area contributed by atoms with Gasteiger partial charge in [-0.15, -0.1) is 0 Å². The van der Waals surface area contributed by atoms with Gasteiger partial charge in [0.2, 0.25) is 5.95 Å². The second kappa shape index (κ2) is 12.8. The third-order valence-electron chi connectivity index (χ3n) is 8.90. The molecule has 2 fully saturated rings. The monoisotopic (exact) mass is 693 g/mol. The van der Waals surface area contributed by atoms with Crippen molar-refractivity contribution >= 4 is 68.2 Å². The first kappa shape index (κ1) is 31.7. The number of hydrogen-bond acceptors (Lipinski definition) is 11. The average molecular weight is 695 g/mol. The zero-order valence-electron chi connectivity index (χ0n) is 26.6. The van der Waals surface area contributed by atoms with Crippen molar-refractivity contribution in [2.24, 2.45) is 5.92 Å². The van der Waals surface area contributed by atoms with Crippen molar-refractivity contribution in [1.29, 1.82) is 0 Å². The normalized spacial score (nSPS) is 19.4. The van der Waals surface area contributed by atoms with E-state index in [-0.39, 0.29) is 0 Å². The minimum absolute atomic E-state index is 0.397. The molecule has 2 aromatic heterocycles. The van der Waals surface area contributed by atoms with E-state index in [2.05, 4.69) is 89.7 Å². The van der Waals surface area contributed by atoms with Crippen LogP contribution in [-0.2, 0) is 4.57 Å². The molecular formula is C32H41BrN9O2P. The molecule has 2 atom stereocenters. The van der Waals surface area contributed by atoms with Crippen LogP contribution in [0.2, 0.25) is 0 Å². The third-order valence-corrected chi connectivity index (χ3v) is 11.0. The molecule has 45 heavy (non-hydrogen) atoms. The zero-order chi connectivity index (χ0) is 31.9. The fourth-order valence-corrected chi connectivity index (χ4v) is 8.26. The maximum Gasteiger partial charge on any atom is 0.229 e. The van der Waals surface area contributed by atoms with Crippen molar-refractivity contribution in [3.05, 3.63) is 52.9 Å². The molecule has 2 aliphatic heterocycles. The lowest BCUT2D eigenvalue weighted by molar-refractivity contribution is 0.0417. The summed E-state index contributed by atoms with van der Waals surface area (Å²) in [5.41, 5.74) is 5.09. The quantitative estimate of drug-likeness (QED) is 0.197. The van der Waals surface area contributed by atoms with Crippen molar-refractivity contribution in [3.8, 4) is 5.75 Å². The molecule has 2 aromatic carbocycles. The molecule has 0 aliphatic carbocycles. The number of nitrogens with one attached hydrogen (secondary N) is 3. The van der Waals surface area contributed by atoms with E-state index < -0.39 is 7.14 Å². The molecule has 4 aromatic rings. The van der Waals surface area contributed by atoms with E-state index in [9.17, 15) is 4.57 Å². The molecule has 238 valence electrons. The van der Waals surface area contributed by atoms with Crippen molar-refractivity contribution in [2.45, 2.75) is 32.4 Å². The number of aromatic nitrogens is 4. The molecule has 2 aliphatic rings. The summed E-state index contributed by atoms with van der Waals surface area (Å²) >= 11 is 3.58. The summed E-state index contributed by atoms with van der Waals surface area (Å²) in [5, 5.41) is 10.7. The van der Waals surface area contributed by atoms with Gasteiger partial charge < -0.3 is 30.2 Å². The van der Waals surface area contributed by atoms with Gasteiger partial charge in [-0.05, 0) is 79.3 Å². The first-order valence-electron chi connectivity index (χ1n) is 15.3. The number of aryl methyl sites for hydroxylation is 1. The summed E-state index contributed by atoms with van der Waals surface area (Å²) < 4.78 is 19.9. The van der Waals surface area contributed by atoms with Gasteiger partial charge in [0, 0.05) is 68.6 Å². The summed E-state index contributed by atoms with van der Waals surface area (Å²) in [6.07, 6.45) is 6.09. The molecule has 6 rings (SSSR count). The molecule has 0 saturated carbocycles. The van der Waals surface area contributed by atoms with E-state index in [1.54, 1.807) is 39.0 Å². The minimum Gasteiger partial charge on any atom is -0.494 e. The van der Waals surface area contributed by atoms with E-state index in [1.807, 2.05) is 12.1 Å². The van der Waals surface area contributed by atoms with Crippen molar-refractivity contribution in [1.82, 2.24) is 30.2 Å². The highest BCUT2D eigenvalue weighted by Crippen LogP contribution is 2.42. The van der Waals surface area contributed by atoms with Crippen molar-refractivity contribution < 1.29 is 9.30 Å². The van der Waals surface area contributed by atoms with Gasteiger partial charge in [0.15, 0.2) is 0 Å². The number of benzene rings is 2. The Morgan fingerprint density at radius 2 is 1.82 bits per heavy atom. The van der Waals surface area contributed by atoms with Crippen LogP contribution in [0.15, 0.2) is 47.3 Å². The predicted octanol–water partition coefficient (Wildman–Crippen LogP) is 5.35. The van der Waals surface area contributed by atoms with E-state index in [0.717, 1.165) is 49.6 Å². The van der Waals surface area contributed by atoms with Gasteiger partial charge in [-0.2, -0.15) is 4.98 Å². The Morgan fingerprint density at radius 1 is 1.04 bits per heavy atom. The van der Waals surface area contributed by atoms with Gasteiger partial charge in [-0.3, -0.25) is 14.9 Å². The molecule has 0 spiro atoms. The van der Waals surface area contributed by atoms with Crippen LogP contribution in [0.3, 0.4) is 0 Å². The van der Waals surface area contributed by atoms with E-state index in [4.69, 9.17) is 9.72 Å². The average Bonchev–Trinajstić information content (AvgIpc) is 2.98. The maximum absolute atomic E-state index is 13.4. The second-order valence-electron chi connectivity index (χ2n) is 12.4. The van der Waals surface area contributed by atoms with Gasteiger partial charge in [0.05, 0.1) is 33.8 Å². The van der Waals surface area contributed by atoms with Gasteiger partial charge in [0.1, 0.15) is 24.2 Å². The van der Waals surface area contributed by atoms with Crippen molar-refractivity contribution in [3.63, 3.8) is 0 Å². The van der Waals surface area contributed by atoms with Crippen LogP contribution in [0.4, 0.5) is 28.8 Å². The third kappa shape index (κ3) is 6.52. The molecule has 0 radical (unpaired) electrons. The molecule has 2 unspecified atom stereocenters. The fourth-order valence-electron chi connectivity index (χ4n) is 6.58. The molecule has 3 N–H and O–H groups in total. The van der Waals surface area contributed by atoms with Crippen LogP contribution in [0.25, 0.3) is 11.0 Å². The van der Waals surface area contributed by atoms with E-state index >= 15 is 0 Å². The van der Waals surface area contributed by atoms with Crippen molar-refractivity contribution in [2.75, 3.05) is 69.2 Å². The molecule has 2 saturated heterocycles. The standard InChI is InChI=1S/C32H41BrN9O2P/c1-19-13-25(28(44-4)14-27(19)41-12-9-26(20(2)16-41)42-17-21(18-42)34-3)39-32-37-15-22(33)31(40-32)38-24-8-7-23-29(36-11-10-35-23)30(24)45(5,6)43/h7-8,10-11,13-15,20-21,26,34H,9,12,16-18H2,1-6H3,(H2,37,38,39,40). The molecule has 0 amide bonds. The van der Waals surface area contributed by atoms with Crippen LogP contribution in [0.1, 0.15) is 18.9 Å². The van der Waals surface area contributed by atoms with Crippen LogP contribution in [0, 0.1) is 12.8 Å². The predicted molar refractivity (Wildman–Crippen MR) is 187 cm³/mol. The summed E-state index contributed by atoms with van der Waals surface area (Å²) in [6, 6.07) is 9.20. The number of rotatable bonds is 9. The topological polar surface area (TPSA) is 120 Å². The second-order valence-corrected chi connectivity index (χ2v) is 16.4. The lowest BCUT2D eigenvalue weighted by Gasteiger charge is -2.50. The number of anilines is 5. The maximum atomic E-state index is 13.4. The Balaban J connectivity index is 1.22. The molecule has 4 heterocycles. The number of piperidine rings is 1. The van der Waals surface area contributed by atoms with E-state index in [1.165, 1.54) is 5.69 Å². The number of halogens is 1. The molecular weight excluding hydrogens is 653 g/mol.